The Hall–Kier alpha value is -1.05. The molecule has 2 heteroatoms. The number of rotatable bonds is 14. The Bertz CT molecular complexity index is 581. The topological polar surface area (TPSA) is 22.1 Å². The molecule has 0 aromatic carbocycles. The van der Waals surface area contributed by atoms with Crippen LogP contribution in [0.3, 0.4) is 0 Å². The largest absolute Gasteiger partial charge is 0.492 e. The van der Waals surface area contributed by atoms with Crippen LogP contribution < -0.4 is 4.74 Å². The zero-order valence-electron chi connectivity index (χ0n) is 21.3. The van der Waals surface area contributed by atoms with Gasteiger partial charge in [-0.25, -0.2) is 0 Å². The van der Waals surface area contributed by atoms with Crippen LogP contribution in [0.25, 0.3) is 0 Å². The quantitative estimate of drug-likeness (QED) is 0.268. The van der Waals surface area contributed by atoms with E-state index in [2.05, 4.69) is 31.0 Å². The van der Waals surface area contributed by atoms with Crippen molar-refractivity contribution >= 4 is 0 Å². The highest BCUT2D eigenvalue weighted by Gasteiger charge is 2.24. The summed E-state index contributed by atoms with van der Waals surface area (Å²) in [5.41, 5.74) is 1.24. The lowest BCUT2D eigenvalue weighted by Crippen LogP contribution is -2.18. The summed E-state index contributed by atoms with van der Waals surface area (Å²) in [6.07, 6.45) is 27.1. The molecule has 0 atom stereocenters. The summed E-state index contributed by atoms with van der Waals surface area (Å²) in [7, 11) is 0. The first-order chi connectivity index (χ1) is 15.8. The van der Waals surface area contributed by atoms with Gasteiger partial charge in [-0.1, -0.05) is 110 Å². The number of hydrogen-bond donors (Lipinski definition) is 0. The van der Waals surface area contributed by atoms with Crippen LogP contribution in [0.1, 0.15) is 129 Å². The van der Waals surface area contributed by atoms with E-state index < -0.39 is 0 Å². The van der Waals surface area contributed by atoms with Crippen molar-refractivity contribution in [2.75, 3.05) is 6.61 Å². The van der Waals surface area contributed by atoms with E-state index in [4.69, 9.17) is 4.74 Å². The Kier molecular flexibility index (Phi) is 12.0. The third-order valence-corrected chi connectivity index (χ3v) is 8.62. The molecule has 0 aliphatic heterocycles. The second kappa shape index (κ2) is 15.0. The Morgan fingerprint density at radius 1 is 0.719 bits per heavy atom. The van der Waals surface area contributed by atoms with Crippen molar-refractivity contribution in [3.63, 3.8) is 0 Å². The van der Waals surface area contributed by atoms with Crippen molar-refractivity contribution in [3.8, 4) is 5.75 Å². The van der Waals surface area contributed by atoms with Crippen molar-refractivity contribution in [3.05, 3.63) is 24.0 Å². The van der Waals surface area contributed by atoms with Crippen molar-refractivity contribution in [1.29, 1.82) is 0 Å². The molecule has 0 amide bonds. The van der Waals surface area contributed by atoms with Crippen molar-refractivity contribution in [1.82, 2.24) is 4.98 Å². The van der Waals surface area contributed by atoms with Crippen LogP contribution >= 0.6 is 0 Å². The van der Waals surface area contributed by atoms with Gasteiger partial charge in [-0.2, -0.15) is 0 Å². The lowest BCUT2D eigenvalue weighted by atomic mass is 9.74. The highest BCUT2D eigenvalue weighted by atomic mass is 16.5. The van der Waals surface area contributed by atoms with Crippen LogP contribution in [0, 0.1) is 23.7 Å². The van der Waals surface area contributed by atoms with Crippen LogP contribution in [0.15, 0.2) is 18.3 Å². The molecule has 1 aromatic heterocycles. The molecular formula is C30H51NO. The molecule has 0 saturated heterocycles. The standard InChI is InChI=1S/C30H51NO/c1-3-5-6-7-8-23-32-30-22-21-29(31-24-30)20-19-28-17-15-27(16-18-28)14-13-26-11-9-25(4-2)10-12-26/h21-22,24-28H,3-20,23H2,1-2H3/t25-,26-,27?,28?. The molecule has 0 radical (unpaired) electrons. The van der Waals surface area contributed by atoms with E-state index >= 15 is 0 Å². The molecule has 2 nitrogen and oxygen atoms in total. The lowest BCUT2D eigenvalue weighted by Gasteiger charge is -2.31. The van der Waals surface area contributed by atoms with E-state index in [1.54, 1.807) is 0 Å². The first kappa shape index (κ1) is 25.6. The van der Waals surface area contributed by atoms with Gasteiger partial charge in [-0.3, -0.25) is 4.98 Å². The van der Waals surface area contributed by atoms with Gasteiger partial charge >= 0.3 is 0 Å². The number of pyridine rings is 1. The SMILES string of the molecule is CCCCCCCOc1ccc(CCC2CCC(CC[C@H]3CC[C@H](CC)CC3)CC2)nc1. The molecule has 0 N–H and O–H groups in total. The minimum atomic E-state index is 0.827. The maximum atomic E-state index is 5.86. The Balaban J connectivity index is 1.23. The third-order valence-electron chi connectivity index (χ3n) is 8.62. The molecule has 3 rings (SSSR count). The molecule has 2 aliphatic rings. The number of nitrogens with zero attached hydrogens (tertiary/aromatic N) is 1. The van der Waals surface area contributed by atoms with E-state index in [9.17, 15) is 0 Å². The van der Waals surface area contributed by atoms with Gasteiger partial charge < -0.3 is 4.74 Å². The zero-order chi connectivity index (χ0) is 22.4. The van der Waals surface area contributed by atoms with Crippen LogP contribution in [0.4, 0.5) is 0 Å². The first-order valence-electron chi connectivity index (χ1n) is 14.3. The van der Waals surface area contributed by atoms with Crippen molar-refractivity contribution < 1.29 is 4.74 Å². The van der Waals surface area contributed by atoms with E-state index in [1.807, 2.05) is 6.20 Å². The number of unbranched alkanes of at least 4 members (excludes halogenated alkanes) is 4. The molecule has 2 fully saturated rings. The van der Waals surface area contributed by atoms with Crippen LogP contribution in [0.2, 0.25) is 0 Å². The summed E-state index contributed by atoms with van der Waals surface area (Å²) in [4.78, 5) is 4.67. The molecule has 0 spiro atoms. The minimum Gasteiger partial charge on any atom is -0.492 e. The minimum absolute atomic E-state index is 0.827. The highest BCUT2D eigenvalue weighted by Crippen LogP contribution is 2.38. The number of hydrogen-bond acceptors (Lipinski definition) is 2. The summed E-state index contributed by atoms with van der Waals surface area (Å²) < 4.78 is 5.86. The average molecular weight is 442 g/mol. The van der Waals surface area contributed by atoms with Gasteiger partial charge in [0.05, 0.1) is 12.8 Å². The van der Waals surface area contributed by atoms with Gasteiger partial charge in [0.15, 0.2) is 0 Å². The predicted molar refractivity (Wildman–Crippen MR) is 137 cm³/mol. The van der Waals surface area contributed by atoms with E-state index in [-0.39, 0.29) is 0 Å². The number of aryl methyl sites for hydroxylation is 1. The Labute approximate surface area is 199 Å². The van der Waals surface area contributed by atoms with Gasteiger partial charge in [0, 0.05) is 5.69 Å². The Morgan fingerprint density at radius 2 is 1.31 bits per heavy atom. The molecule has 1 heterocycles. The smallest absolute Gasteiger partial charge is 0.137 e. The molecule has 1 aromatic rings. The zero-order valence-corrected chi connectivity index (χ0v) is 21.3. The fraction of sp³-hybridized carbons (Fsp3) is 0.833. The Morgan fingerprint density at radius 3 is 1.88 bits per heavy atom. The summed E-state index contributed by atoms with van der Waals surface area (Å²) in [5.74, 6) is 4.97. The van der Waals surface area contributed by atoms with E-state index in [1.165, 1.54) is 108 Å². The maximum Gasteiger partial charge on any atom is 0.137 e. The normalized spacial score (nSPS) is 26.2. The van der Waals surface area contributed by atoms with Gasteiger partial charge in [-0.05, 0) is 55.1 Å². The molecule has 182 valence electrons. The van der Waals surface area contributed by atoms with E-state index in [0.29, 0.717) is 0 Å². The fourth-order valence-electron chi connectivity index (χ4n) is 6.10. The van der Waals surface area contributed by atoms with Gasteiger partial charge in [0.25, 0.3) is 0 Å². The molecule has 0 bridgehead atoms. The molecule has 2 saturated carbocycles. The second-order valence-corrected chi connectivity index (χ2v) is 11.0. The van der Waals surface area contributed by atoms with Crippen molar-refractivity contribution in [2.24, 2.45) is 23.7 Å². The lowest BCUT2D eigenvalue weighted by molar-refractivity contribution is 0.211. The van der Waals surface area contributed by atoms with Gasteiger partial charge in [-0.15, -0.1) is 0 Å². The van der Waals surface area contributed by atoms with Crippen LogP contribution in [-0.2, 0) is 6.42 Å². The molecule has 2 aliphatic carbocycles. The van der Waals surface area contributed by atoms with Crippen LogP contribution in [0.5, 0.6) is 5.75 Å². The van der Waals surface area contributed by atoms with E-state index in [0.717, 1.165) is 48.9 Å². The summed E-state index contributed by atoms with van der Waals surface area (Å²) >= 11 is 0. The maximum absolute atomic E-state index is 5.86. The summed E-state index contributed by atoms with van der Waals surface area (Å²) in [6.45, 7) is 5.46. The summed E-state index contributed by atoms with van der Waals surface area (Å²) in [5, 5.41) is 0. The molecule has 32 heavy (non-hydrogen) atoms. The molecular weight excluding hydrogens is 390 g/mol. The van der Waals surface area contributed by atoms with Crippen molar-refractivity contribution in [2.45, 2.75) is 129 Å². The van der Waals surface area contributed by atoms with Crippen LogP contribution in [-0.4, -0.2) is 11.6 Å². The molecule has 0 unspecified atom stereocenters. The fourth-order valence-corrected chi connectivity index (χ4v) is 6.10. The number of aromatic nitrogens is 1. The highest BCUT2D eigenvalue weighted by molar-refractivity contribution is 5.19. The van der Waals surface area contributed by atoms with Gasteiger partial charge in [0.1, 0.15) is 5.75 Å². The second-order valence-electron chi connectivity index (χ2n) is 11.0. The average Bonchev–Trinajstić information content (AvgIpc) is 2.85. The summed E-state index contributed by atoms with van der Waals surface area (Å²) in [6, 6.07) is 4.31. The first-order valence-corrected chi connectivity index (χ1v) is 14.3. The number of ether oxygens (including phenoxy) is 1. The predicted octanol–water partition coefficient (Wildman–Crippen LogP) is 9.17. The third kappa shape index (κ3) is 9.44. The van der Waals surface area contributed by atoms with Gasteiger partial charge in [0.2, 0.25) is 0 Å². The monoisotopic (exact) mass is 441 g/mol.